The molecule has 7 heteroatoms. The molecular weight excluding hydrogens is 258 g/mol. The van der Waals surface area contributed by atoms with Crippen molar-refractivity contribution in [3.05, 3.63) is 30.4 Å². The third-order valence-electron chi connectivity index (χ3n) is 2.64. The van der Waals surface area contributed by atoms with Crippen LogP contribution in [0.2, 0.25) is 0 Å². The summed E-state index contributed by atoms with van der Waals surface area (Å²) in [7, 11) is 1.68. The summed E-state index contributed by atoms with van der Waals surface area (Å²) in [6.45, 7) is 5.00. The van der Waals surface area contributed by atoms with E-state index in [1.807, 2.05) is 13.1 Å². The number of aromatic nitrogens is 4. The Bertz CT molecular complexity index is 512. The minimum Gasteiger partial charge on any atom is -0.421 e. The van der Waals surface area contributed by atoms with Crippen LogP contribution in [0.4, 0.5) is 0 Å². The van der Waals surface area contributed by atoms with Crippen molar-refractivity contribution in [2.24, 2.45) is 0 Å². The van der Waals surface area contributed by atoms with Crippen LogP contribution in [-0.2, 0) is 17.8 Å². The zero-order chi connectivity index (χ0) is 14.2. The van der Waals surface area contributed by atoms with E-state index < -0.39 is 0 Å². The Balaban J connectivity index is 1.84. The molecule has 0 spiro atoms. The van der Waals surface area contributed by atoms with Gasteiger partial charge in [-0.3, -0.25) is 4.68 Å². The largest absolute Gasteiger partial charge is 0.421 e. The van der Waals surface area contributed by atoms with E-state index >= 15 is 0 Å². The summed E-state index contributed by atoms with van der Waals surface area (Å²) in [6, 6.07) is 0.321. The predicted octanol–water partition coefficient (Wildman–Crippen LogP) is 1.22. The highest BCUT2D eigenvalue weighted by Gasteiger charge is 2.03. The van der Waals surface area contributed by atoms with Gasteiger partial charge in [-0.25, -0.2) is 9.97 Å². The van der Waals surface area contributed by atoms with Crippen molar-refractivity contribution in [3.8, 4) is 11.8 Å². The van der Waals surface area contributed by atoms with E-state index in [2.05, 4.69) is 20.4 Å². The summed E-state index contributed by atoms with van der Waals surface area (Å²) in [5, 5.41) is 7.34. The fourth-order valence-corrected chi connectivity index (χ4v) is 1.57. The zero-order valence-electron chi connectivity index (χ0n) is 11.7. The molecule has 0 unspecified atom stereocenters. The van der Waals surface area contributed by atoms with Crippen LogP contribution < -0.4 is 10.1 Å². The summed E-state index contributed by atoms with van der Waals surface area (Å²) >= 11 is 0. The number of ether oxygens (including phenoxy) is 2. The molecule has 2 rings (SSSR count). The molecule has 0 aliphatic rings. The van der Waals surface area contributed by atoms with E-state index in [0.29, 0.717) is 24.9 Å². The molecule has 20 heavy (non-hydrogen) atoms. The first-order valence-corrected chi connectivity index (χ1v) is 6.52. The van der Waals surface area contributed by atoms with Crippen molar-refractivity contribution in [1.82, 2.24) is 25.1 Å². The number of rotatable bonds is 8. The number of nitrogens with zero attached hydrogens (tertiary/aromatic N) is 4. The van der Waals surface area contributed by atoms with Gasteiger partial charge in [0.25, 0.3) is 0 Å². The minimum atomic E-state index is 0.321. The number of aryl methyl sites for hydroxylation is 1. The first-order chi connectivity index (χ1) is 9.81. The summed E-state index contributed by atoms with van der Waals surface area (Å²) in [4.78, 5) is 8.33. The molecule has 0 atom stereocenters. The maximum atomic E-state index is 5.51. The maximum absolute atomic E-state index is 5.51. The van der Waals surface area contributed by atoms with Crippen LogP contribution in [0, 0.1) is 0 Å². The van der Waals surface area contributed by atoms with Crippen molar-refractivity contribution in [2.75, 3.05) is 20.3 Å². The third kappa shape index (κ3) is 4.29. The van der Waals surface area contributed by atoms with Crippen molar-refractivity contribution in [1.29, 1.82) is 0 Å². The zero-order valence-corrected chi connectivity index (χ0v) is 11.7. The van der Waals surface area contributed by atoms with Gasteiger partial charge in [0, 0.05) is 44.7 Å². The fourth-order valence-electron chi connectivity index (χ4n) is 1.57. The van der Waals surface area contributed by atoms with Gasteiger partial charge in [0.05, 0.1) is 19.0 Å². The Labute approximate surface area is 118 Å². The highest BCUT2D eigenvalue weighted by molar-refractivity contribution is 5.17. The predicted molar refractivity (Wildman–Crippen MR) is 73.6 cm³/mol. The normalized spacial score (nSPS) is 10.7. The van der Waals surface area contributed by atoms with Gasteiger partial charge in [-0.2, -0.15) is 5.10 Å². The summed E-state index contributed by atoms with van der Waals surface area (Å²) in [5.41, 5.74) is 0.998. The second kappa shape index (κ2) is 7.56. The van der Waals surface area contributed by atoms with E-state index in [9.17, 15) is 0 Å². The maximum Gasteiger partial charge on any atom is 0.321 e. The summed E-state index contributed by atoms with van der Waals surface area (Å²) in [5.74, 6) is 0.637. The quantitative estimate of drug-likeness (QED) is 0.731. The Morgan fingerprint density at radius 2 is 2.05 bits per heavy atom. The molecule has 0 aliphatic carbocycles. The van der Waals surface area contributed by atoms with Gasteiger partial charge in [0.15, 0.2) is 5.75 Å². The number of hydrogen-bond acceptors (Lipinski definition) is 6. The molecule has 0 fully saturated rings. The van der Waals surface area contributed by atoms with Crippen molar-refractivity contribution >= 4 is 0 Å². The van der Waals surface area contributed by atoms with Crippen LogP contribution in [0.1, 0.15) is 12.5 Å². The van der Waals surface area contributed by atoms with Gasteiger partial charge >= 0.3 is 6.01 Å². The molecule has 1 N–H and O–H groups in total. The van der Waals surface area contributed by atoms with Gasteiger partial charge in [-0.15, -0.1) is 0 Å². The number of nitrogens with one attached hydrogen (secondary N) is 1. The summed E-state index contributed by atoms with van der Waals surface area (Å²) in [6.07, 6.45) is 6.94. The van der Waals surface area contributed by atoms with Crippen molar-refractivity contribution in [2.45, 2.75) is 20.0 Å². The molecule has 0 saturated heterocycles. The van der Waals surface area contributed by atoms with E-state index in [1.54, 1.807) is 30.4 Å². The van der Waals surface area contributed by atoms with Crippen molar-refractivity contribution in [3.63, 3.8) is 0 Å². The van der Waals surface area contributed by atoms with Crippen LogP contribution in [0.3, 0.4) is 0 Å². The van der Waals surface area contributed by atoms with Crippen molar-refractivity contribution < 1.29 is 9.47 Å². The highest BCUT2D eigenvalue weighted by atomic mass is 16.5. The van der Waals surface area contributed by atoms with E-state index in [1.165, 1.54) is 0 Å². The topological polar surface area (TPSA) is 74.1 Å². The lowest BCUT2D eigenvalue weighted by Gasteiger charge is -2.04. The molecule has 2 aromatic rings. The van der Waals surface area contributed by atoms with Crippen LogP contribution in [0.15, 0.2) is 24.8 Å². The third-order valence-corrected chi connectivity index (χ3v) is 2.64. The van der Waals surface area contributed by atoms with Gasteiger partial charge in [-0.1, -0.05) is 0 Å². The molecule has 108 valence electrons. The Hall–Kier alpha value is -1.99. The molecule has 0 saturated carbocycles. The van der Waals surface area contributed by atoms with Gasteiger partial charge < -0.3 is 14.8 Å². The lowest BCUT2D eigenvalue weighted by atomic mass is 10.3. The molecule has 0 bridgehead atoms. The van der Waals surface area contributed by atoms with E-state index in [4.69, 9.17) is 9.47 Å². The second-order valence-electron chi connectivity index (χ2n) is 4.18. The van der Waals surface area contributed by atoms with Gasteiger partial charge in [0.1, 0.15) is 0 Å². The molecule has 2 heterocycles. The average Bonchev–Trinajstić information content (AvgIpc) is 2.93. The Morgan fingerprint density at radius 3 is 2.70 bits per heavy atom. The lowest BCUT2D eigenvalue weighted by Crippen LogP contribution is -2.18. The minimum absolute atomic E-state index is 0.321. The lowest BCUT2D eigenvalue weighted by molar-refractivity contribution is 0.199. The molecule has 0 amide bonds. The standard InChI is InChI=1S/C13H19N5O2/c1-3-18-10-12(9-17-18)20-13-15-7-11(8-16-13)6-14-4-5-19-2/h7-10,14H,3-6H2,1-2H3. The number of methoxy groups -OCH3 is 1. The highest BCUT2D eigenvalue weighted by Crippen LogP contribution is 2.15. The van der Waals surface area contributed by atoms with E-state index in [-0.39, 0.29) is 0 Å². The average molecular weight is 277 g/mol. The monoisotopic (exact) mass is 277 g/mol. The van der Waals surface area contributed by atoms with Crippen LogP contribution in [0.25, 0.3) is 0 Å². The first kappa shape index (κ1) is 14.4. The molecule has 0 aromatic carbocycles. The summed E-state index contributed by atoms with van der Waals surface area (Å²) < 4.78 is 12.2. The smallest absolute Gasteiger partial charge is 0.321 e. The van der Waals surface area contributed by atoms with Crippen LogP contribution in [0.5, 0.6) is 11.8 Å². The van der Waals surface area contributed by atoms with Crippen LogP contribution in [-0.4, -0.2) is 40.0 Å². The molecular formula is C13H19N5O2. The molecule has 7 nitrogen and oxygen atoms in total. The molecule has 0 radical (unpaired) electrons. The van der Waals surface area contributed by atoms with Gasteiger partial charge in [0.2, 0.25) is 0 Å². The van der Waals surface area contributed by atoms with E-state index in [0.717, 1.165) is 18.7 Å². The number of hydrogen-bond donors (Lipinski definition) is 1. The Kier molecular flexibility index (Phi) is 5.45. The first-order valence-electron chi connectivity index (χ1n) is 6.52. The fraction of sp³-hybridized carbons (Fsp3) is 0.462. The SMILES string of the molecule is CCn1cc(Oc2ncc(CNCCOC)cn2)cn1. The van der Waals surface area contributed by atoms with Gasteiger partial charge in [-0.05, 0) is 6.92 Å². The molecule has 2 aromatic heterocycles. The Morgan fingerprint density at radius 1 is 1.25 bits per heavy atom. The second-order valence-corrected chi connectivity index (χ2v) is 4.18. The molecule has 0 aliphatic heterocycles. The van der Waals surface area contributed by atoms with Crippen LogP contribution >= 0.6 is 0 Å².